The summed E-state index contributed by atoms with van der Waals surface area (Å²) in [6, 6.07) is 0.504. The molecule has 0 aromatic carbocycles. The summed E-state index contributed by atoms with van der Waals surface area (Å²) in [5.41, 5.74) is 0. The Bertz CT molecular complexity index is 356. The molecule has 1 aromatic rings. The van der Waals surface area contributed by atoms with Gasteiger partial charge >= 0.3 is 6.01 Å². The van der Waals surface area contributed by atoms with E-state index in [1.807, 2.05) is 6.92 Å². The van der Waals surface area contributed by atoms with E-state index in [2.05, 4.69) is 27.8 Å². The molecule has 0 saturated carbocycles. The third kappa shape index (κ3) is 3.43. The highest BCUT2D eigenvalue weighted by Gasteiger charge is 2.26. The van der Waals surface area contributed by atoms with E-state index in [1.54, 1.807) is 0 Å². The van der Waals surface area contributed by atoms with Crippen molar-refractivity contribution in [1.82, 2.24) is 15.5 Å². The number of nitrogens with zero attached hydrogens (tertiary/aromatic N) is 2. The SMILES string of the molecule is CCNCc1nnc(NCC2CCOC2CC)o1. The van der Waals surface area contributed by atoms with Crippen molar-refractivity contribution >= 4 is 6.01 Å². The fraction of sp³-hybridized carbons (Fsp3) is 0.833. The lowest BCUT2D eigenvalue weighted by Gasteiger charge is -2.16. The molecule has 18 heavy (non-hydrogen) atoms. The van der Waals surface area contributed by atoms with Gasteiger partial charge in [-0.1, -0.05) is 18.9 Å². The predicted octanol–water partition coefficient (Wildman–Crippen LogP) is 1.41. The Morgan fingerprint density at radius 3 is 3.00 bits per heavy atom. The first-order chi connectivity index (χ1) is 8.83. The number of nitrogens with one attached hydrogen (secondary N) is 2. The van der Waals surface area contributed by atoms with E-state index < -0.39 is 0 Å². The minimum atomic E-state index is 0.363. The van der Waals surface area contributed by atoms with Gasteiger partial charge in [-0.25, -0.2) is 0 Å². The Hall–Kier alpha value is -1.14. The van der Waals surface area contributed by atoms with E-state index in [9.17, 15) is 0 Å². The molecule has 2 heterocycles. The lowest BCUT2D eigenvalue weighted by molar-refractivity contribution is 0.0899. The largest absolute Gasteiger partial charge is 0.407 e. The summed E-state index contributed by atoms with van der Waals surface area (Å²) in [5, 5.41) is 14.3. The number of rotatable bonds is 7. The first-order valence-electron chi connectivity index (χ1n) is 6.72. The molecule has 0 aliphatic carbocycles. The summed E-state index contributed by atoms with van der Waals surface area (Å²) in [6.07, 6.45) is 2.52. The molecule has 0 spiro atoms. The van der Waals surface area contributed by atoms with Gasteiger partial charge in [0.05, 0.1) is 12.6 Å². The van der Waals surface area contributed by atoms with E-state index in [4.69, 9.17) is 9.15 Å². The highest BCUT2D eigenvalue weighted by atomic mass is 16.5. The number of hydrogen-bond acceptors (Lipinski definition) is 6. The molecule has 1 fully saturated rings. The smallest absolute Gasteiger partial charge is 0.315 e. The van der Waals surface area contributed by atoms with Gasteiger partial charge in [0.1, 0.15) is 0 Å². The van der Waals surface area contributed by atoms with Gasteiger partial charge in [-0.05, 0) is 19.4 Å². The quantitative estimate of drug-likeness (QED) is 0.766. The van der Waals surface area contributed by atoms with Gasteiger partial charge in [0.2, 0.25) is 5.89 Å². The Morgan fingerprint density at radius 1 is 1.33 bits per heavy atom. The van der Waals surface area contributed by atoms with E-state index >= 15 is 0 Å². The zero-order valence-electron chi connectivity index (χ0n) is 11.1. The standard InChI is InChI=1S/C12H22N4O2/c1-3-10-9(5-6-17-10)7-14-12-16-15-11(18-12)8-13-4-2/h9-10,13H,3-8H2,1-2H3,(H,14,16). The van der Waals surface area contributed by atoms with Crippen LogP contribution in [0.1, 0.15) is 32.6 Å². The third-order valence-corrected chi connectivity index (χ3v) is 3.26. The van der Waals surface area contributed by atoms with Crippen molar-refractivity contribution in [2.45, 2.75) is 39.3 Å². The van der Waals surface area contributed by atoms with E-state index in [0.717, 1.165) is 32.5 Å². The fourth-order valence-corrected chi connectivity index (χ4v) is 2.22. The van der Waals surface area contributed by atoms with Crippen LogP contribution in [0.3, 0.4) is 0 Å². The second-order valence-electron chi connectivity index (χ2n) is 4.53. The van der Waals surface area contributed by atoms with Crippen molar-refractivity contribution < 1.29 is 9.15 Å². The second kappa shape index (κ2) is 6.70. The summed E-state index contributed by atoms with van der Waals surface area (Å²) in [6.45, 7) is 7.41. The number of aromatic nitrogens is 2. The van der Waals surface area contributed by atoms with Gasteiger partial charge in [-0.2, -0.15) is 0 Å². The van der Waals surface area contributed by atoms with Crippen LogP contribution in [0.5, 0.6) is 0 Å². The van der Waals surface area contributed by atoms with Gasteiger partial charge in [0.15, 0.2) is 0 Å². The van der Waals surface area contributed by atoms with Crippen LogP contribution < -0.4 is 10.6 Å². The van der Waals surface area contributed by atoms with Crippen LogP contribution in [0.4, 0.5) is 6.01 Å². The van der Waals surface area contributed by atoms with Crippen LogP contribution in [0.25, 0.3) is 0 Å². The zero-order chi connectivity index (χ0) is 12.8. The summed E-state index contributed by atoms with van der Waals surface area (Å²) in [5.74, 6) is 1.16. The van der Waals surface area contributed by atoms with Crippen LogP contribution >= 0.6 is 0 Å². The van der Waals surface area contributed by atoms with Crippen molar-refractivity contribution in [3.05, 3.63) is 5.89 Å². The van der Waals surface area contributed by atoms with Gasteiger partial charge in [0.25, 0.3) is 0 Å². The lowest BCUT2D eigenvalue weighted by atomic mass is 10.00. The Balaban J connectivity index is 1.77. The van der Waals surface area contributed by atoms with Crippen molar-refractivity contribution in [3.8, 4) is 0 Å². The summed E-state index contributed by atoms with van der Waals surface area (Å²) < 4.78 is 11.1. The second-order valence-corrected chi connectivity index (χ2v) is 4.53. The molecule has 102 valence electrons. The highest BCUT2D eigenvalue weighted by molar-refractivity contribution is 5.17. The number of anilines is 1. The van der Waals surface area contributed by atoms with Gasteiger partial charge in [-0.15, -0.1) is 5.10 Å². The maximum absolute atomic E-state index is 5.64. The number of ether oxygens (including phenoxy) is 1. The van der Waals surface area contributed by atoms with Crippen molar-refractivity contribution in [2.75, 3.05) is 25.0 Å². The summed E-state index contributed by atoms with van der Waals surface area (Å²) >= 11 is 0. The number of hydrogen-bond donors (Lipinski definition) is 2. The first kappa shape index (κ1) is 13.3. The van der Waals surface area contributed by atoms with E-state index in [0.29, 0.717) is 30.5 Å². The molecule has 2 atom stereocenters. The van der Waals surface area contributed by atoms with Crippen LogP contribution in [0.15, 0.2) is 4.42 Å². The molecule has 1 aliphatic heterocycles. The average Bonchev–Trinajstić information content (AvgIpc) is 3.02. The Labute approximate surface area is 107 Å². The predicted molar refractivity (Wildman–Crippen MR) is 68.3 cm³/mol. The maximum atomic E-state index is 5.64. The zero-order valence-corrected chi connectivity index (χ0v) is 11.1. The van der Waals surface area contributed by atoms with Gasteiger partial charge in [0, 0.05) is 19.1 Å². The normalized spacial score (nSPS) is 23.4. The third-order valence-electron chi connectivity index (χ3n) is 3.26. The topological polar surface area (TPSA) is 72.2 Å². The molecule has 1 aliphatic rings. The highest BCUT2D eigenvalue weighted by Crippen LogP contribution is 2.23. The first-order valence-corrected chi connectivity index (χ1v) is 6.72. The molecular weight excluding hydrogens is 232 g/mol. The maximum Gasteiger partial charge on any atom is 0.315 e. The molecule has 0 radical (unpaired) electrons. The molecule has 1 aromatic heterocycles. The molecule has 0 amide bonds. The summed E-state index contributed by atoms with van der Waals surface area (Å²) in [7, 11) is 0. The minimum Gasteiger partial charge on any atom is -0.407 e. The summed E-state index contributed by atoms with van der Waals surface area (Å²) in [4.78, 5) is 0. The molecule has 6 heteroatoms. The molecule has 6 nitrogen and oxygen atoms in total. The van der Waals surface area contributed by atoms with Gasteiger partial charge < -0.3 is 19.8 Å². The fourth-order valence-electron chi connectivity index (χ4n) is 2.22. The Morgan fingerprint density at radius 2 is 2.22 bits per heavy atom. The van der Waals surface area contributed by atoms with Crippen molar-refractivity contribution in [1.29, 1.82) is 0 Å². The van der Waals surface area contributed by atoms with Crippen LogP contribution in [0.2, 0.25) is 0 Å². The lowest BCUT2D eigenvalue weighted by Crippen LogP contribution is -2.22. The molecule has 2 rings (SSSR count). The monoisotopic (exact) mass is 254 g/mol. The van der Waals surface area contributed by atoms with Crippen molar-refractivity contribution in [3.63, 3.8) is 0 Å². The molecule has 1 saturated heterocycles. The molecular formula is C12H22N4O2. The Kier molecular flexibility index (Phi) is 4.95. The van der Waals surface area contributed by atoms with Crippen LogP contribution in [-0.4, -0.2) is 36.0 Å². The van der Waals surface area contributed by atoms with Crippen LogP contribution in [-0.2, 0) is 11.3 Å². The van der Waals surface area contributed by atoms with Crippen LogP contribution in [0, 0.1) is 5.92 Å². The molecule has 2 unspecified atom stereocenters. The minimum absolute atomic E-state index is 0.363. The average molecular weight is 254 g/mol. The van der Waals surface area contributed by atoms with Gasteiger partial charge in [-0.3, -0.25) is 0 Å². The molecule has 0 bridgehead atoms. The molecule has 2 N–H and O–H groups in total. The van der Waals surface area contributed by atoms with Crippen molar-refractivity contribution in [2.24, 2.45) is 5.92 Å². The van der Waals surface area contributed by atoms with E-state index in [1.165, 1.54) is 0 Å². The van der Waals surface area contributed by atoms with E-state index in [-0.39, 0.29) is 0 Å².